The van der Waals surface area contributed by atoms with Crippen LogP contribution in [0.25, 0.3) is 0 Å². The van der Waals surface area contributed by atoms with Gasteiger partial charge >= 0.3 is 12.3 Å². The standard InChI is InChI=1S/C21H20ClF2N3O6/c1-10(12-3-4-14-15(9-12)33-21(23,24)32-14)26-20(30)27-17(19(29)31-2)13(18(27)28)7-11-5-6-25-16(22)8-11/h3-6,8-10,13,17,19,29H,7H2,1-2H3,(H,26,30)/t10-,13-,17+,19-/m1/s1. The first-order valence-electron chi connectivity index (χ1n) is 9.94. The number of aromatic nitrogens is 1. The summed E-state index contributed by atoms with van der Waals surface area (Å²) in [6, 6.07) is 5.02. The number of rotatable bonds is 6. The number of aliphatic hydroxyl groups excluding tert-OH is 1. The summed E-state index contributed by atoms with van der Waals surface area (Å²) in [6.45, 7) is 1.61. The van der Waals surface area contributed by atoms with E-state index in [1.54, 1.807) is 19.1 Å². The molecule has 176 valence electrons. The molecule has 9 nitrogen and oxygen atoms in total. The molecule has 2 aliphatic rings. The Balaban J connectivity index is 1.46. The molecule has 2 N–H and O–H groups in total. The predicted molar refractivity (Wildman–Crippen MR) is 110 cm³/mol. The van der Waals surface area contributed by atoms with Gasteiger partial charge in [-0.05, 0) is 48.7 Å². The van der Waals surface area contributed by atoms with Gasteiger partial charge in [0.25, 0.3) is 0 Å². The van der Waals surface area contributed by atoms with Crippen molar-refractivity contribution in [2.45, 2.75) is 38.0 Å². The molecule has 0 radical (unpaired) electrons. The first-order valence-corrected chi connectivity index (χ1v) is 10.3. The molecule has 2 aliphatic heterocycles. The van der Waals surface area contributed by atoms with Crippen molar-refractivity contribution < 1.29 is 37.7 Å². The van der Waals surface area contributed by atoms with E-state index in [2.05, 4.69) is 19.8 Å². The number of alkyl halides is 2. The summed E-state index contributed by atoms with van der Waals surface area (Å²) in [5.74, 6) is -1.50. The van der Waals surface area contributed by atoms with Crippen LogP contribution in [-0.2, 0) is 16.0 Å². The number of halogens is 3. The van der Waals surface area contributed by atoms with Gasteiger partial charge in [0.1, 0.15) is 11.2 Å². The van der Waals surface area contributed by atoms with E-state index in [4.69, 9.17) is 16.3 Å². The van der Waals surface area contributed by atoms with Crippen LogP contribution >= 0.6 is 11.6 Å². The number of likely N-dealkylation sites (tertiary alicyclic amines) is 1. The van der Waals surface area contributed by atoms with Crippen molar-refractivity contribution >= 4 is 23.5 Å². The van der Waals surface area contributed by atoms with Gasteiger partial charge in [-0.25, -0.2) is 9.78 Å². The number of imide groups is 1. The van der Waals surface area contributed by atoms with Crippen LogP contribution in [0.5, 0.6) is 11.5 Å². The third-order valence-corrected chi connectivity index (χ3v) is 5.74. The Morgan fingerprint density at radius 3 is 2.76 bits per heavy atom. The van der Waals surface area contributed by atoms with Crippen molar-refractivity contribution in [3.05, 3.63) is 52.8 Å². The second kappa shape index (κ2) is 8.73. The van der Waals surface area contributed by atoms with Crippen molar-refractivity contribution in [2.24, 2.45) is 5.92 Å². The van der Waals surface area contributed by atoms with Crippen LogP contribution in [0.3, 0.4) is 0 Å². The number of methoxy groups -OCH3 is 1. The highest BCUT2D eigenvalue weighted by atomic mass is 35.5. The minimum absolute atomic E-state index is 0.123. The van der Waals surface area contributed by atoms with Crippen molar-refractivity contribution in [3.8, 4) is 11.5 Å². The first-order chi connectivity index (χ1) is 15.6. The Morgan fingerprint density at radius 1 is 1.33 bits per heavy atom. The molecule has 0 unspecified atom stereocenters. The fraction of sp³-hybridized carbons (Fsp3) is 0.381. The molecule has 1 aromatic heterocycles. The molecule has 0 spiro atoms. The Hall–Kier alpha value is -3.02. The summed E-state index contributed by atoms with van der Waals surface area (Å²) in [6.07, 6.45) is -3.44. The van der Waals surface area contributed by atoms with Gasteiger partial charge in [0.05, 0.1) is 12.0 Å². The first kappa shape index (κ1) is 23.1. The van der Waals surface area contributed by atoms with Crippen molar-refractivity contribution in [1.82, 2.24) is 15.2 Å². The zero-order valence-corrected chi connectivity index (χ0v) is 18.3. The average molecular weight is 484 g/mol. The lowest BCUT2D eigenvalue weighted by Crippen LogP contribution is -2.69. The quantitative estimate of drug-likeness (QED) is 0.369. The molecule has 4 rings (SSSR count). The number of carbonyl (C=O) groups is 2. The fourth-order valence-electron chi connectivity index (χ4n) is 3.88. The normalized spacial score (nSPS) is 22.5. The molecular formula is C21H20ClF2N3O6. The van der Waals surface area contributed by atoms with Crippen molar-refractivity contribution in [1.29, 1.82) is 0 Å². The van der Waals surface area contributed by atoms with Crippen LogP contribution in [-0.4, -0.2) is 52.7 Å². The predicted octanol–water partition coefficient (Wildman–Crippen LogP) is 2.86. The summed E-state index contributed by atoms with van der Waals surface area (Å²) in [4.78, 5) is 30.4. The summed E-state index contributed by atoms with van der Waals surface area (Å²) in [5.41, 5.74) is 1.16. The van der Waals surface area contributed by atoms with Crippen LogP contribution in [0.1, 0.15) is 24.1 Å². The summed E-state index contributed by atoms with van der Waals surface area (Å²) in [7, 11) is 1.26. The van der Waals surface area contributed by atoms with E-state index < -0.39 is 42.5 Å². The zero-order valence-electron chi connectivity index (χ0n) is 17.5. The Morgan fingerprint density at radius 2 is 2.06 bits per heavy atom. The second-order valence-electron chi connectivity index (χ2n) is 7.67. The van der Waals surface area contributed by atoms with E-state index in [0.717, 1.165) is 4.90 Å². The molecular weight excluding hydrogens is 464 g/mol. The number of nitrogens with zero attached hydrogens (tertiary/aromatic N) is 2. The zero-order chi connectivity index (χ0) is 23.9. The van der Waals surface area contributed by atoms with E-state index >= 15 is 0 Å². The number of ether oxygens (including phenoxy) is 3. The monoisotopic (exact) mass is 483 g/mol. The van der Waals surface area contributed by atoms with Crippen molar-refractivity contribution in [3.63, 3.8) is 0 Å². The summed E-state index contributed by atoms with van der Waals surface area (Å²) >= 11 is 5.89. The molecule has 1 aromatic carbocycles. The third-order valence-electron chi connectivity index (χ3n) is 5.53. The van der Waals surface area contributed by atoms with Gasteiger partial charge in [-0.2, -0.15) is 0 Å². The van der Waals surface area contributed by atoms with E-state index in [9.17, 15) is 23.5 Å². The molecule has 0 aliphatic carbocycles. The van der Waals surface area contributed by atoms with Crippen molar-refractivity contribution in [2.75, 3.05) is 7.11 Å². The van der Waals surface area contributed by atoms with E-state index in [0.29, 0.717) is 11.1 Å². The topological polar surface area (TPSA) is 110 Å². The number of aliphatic hydroxyl groups is 1. The highest BCUT2D eigenvalue weighted by molar-refractivity contribution is 6.29. The number of benzene rings is 1. The van der Waals surface area contributed by atoms with Gasteiger partial charge in [-0.1, -0.05) is 17.7 Å². The van der Waals surface area contributed by atoms with E-state index in [1.165, 1.54) is 31.5 Å². The smallest absolute Gasteiger partial charge is 0.395 e. The minimum Gasteiger partial charge on any atom is -0.395 e. The number of urea groups is 1. The van der Waals surface area contributed by atoms with Gasteiger partial charge < -0.3 is 24.6 Å². The van der Waals surface area contributed by atoms with E-state index in [1.807, 2.05) is 0 Å². The van der Waals surface area contributed by atoms with Gasteiger partial charge in [0, 0.05) is 13.3 Å². The van der Waals surface area contributed by atoms with Crippen LogP contribution in [0.15, 0.2) is 36.5 Å². The Bertz CT molecular complexity index is 1090. The minimum atomic E-state index is -3.75. The lowest BCUT2D eigenvalue weighted by Gasteiger charge is -2.47. The number of amides is 3. The van der Waals surface area contributed by atoms with Gasteiger partial charge in [0.2, 0.25) is 5.91 Å². The lowest BCUT2D eigenvalue weighted by atomic mass is 9.82. The molecule has 12 heteroatoms. The Kier molecular flexibility index (Phi) is 6.12. The van der Waals surface area contributed by atoms with E-state index in [-0.39, 0.29) is 23.1 Å². The number of nitrogens with one attached hydrogen (secondary N) is 1. The lowest BCUT2D eigenvalue weighted by molar-refractivity contribution is -0.286. The third kappa shape index (κ3) is 4.56. The molecule has 0 bridgehead atoms. The molecule has 1 fully saturated rings. The molecule has 1 saturated heterocycles. The molecule has 2 aromatic rings. The average Bonchev–Trinajstić information content (AvgIpc) is 3.07. The maximum absolute atomic E-state index is 13.2. The maximum atomic E-state index is 13.2. The number of fused-ring (bicyclic) bond motifs is 1. The number of hydrogen-bond donors (Lipinski definition) is 2. The van der Waals surface area contributed by atoms with Crippen LogP contribution in [0, 0.1) is 5.92 Å². The van der Waals surface area contributed by atoms with Crippen LogP contribution < -0.4 is 14.8 Å². The number of β-lactam (4-membered cyclic amide) rings is 1. The molecule has 4 atom stereocenters. The highest BCUT2D eigenvalue weighted by Gasteiger charge is 2.54. The SMILES string of the molecule is CO[C@@H](O)[C@@H]1[C@@H](Cc2ccnc(Cl)c2)C(=O)N1C(=O)N[C@H](C)c1ccc2c(c1)OC(F)(F)O2. The van der Waals surface area contributed by atoms with Crippen LogP contribution in [0.2, 0.25) is 5.15 Å². The molecule has 3 amide bonds. The molecule has 0 saturated carbocycles. The van der Waals surface area contributed by atoms with Gasteiger partial charge in [-0.3, -0.25) is 9.69 Å². The highest BCUT2D eigenvalue weighted by Crippen LogP contribution is 2.42. The Labute approximate surface area is 192 Å². The summed E-state index contributed by atoms with van der Waals surface area (Å²) in [5, 5.41) is 13.2. The number of pyridine rings is 1. The van der Waals surface area contributed by atoms with Crippen LogP contribution in [0.4, 0.5) is 13.6 Å². The summed E-state index contributed by atoms with van der Waals surface area (Å²) < 4.78 is 40.3. The molecule has 33 heavy (non-hydrogen) atoms. The fourth-order valence-corrected chi connectivity index (χ4v) is 4.07. The van der Waals surface area contributed by atoms with Gasteiger partial charge in [0.15, 0.2) is 17.8 Å². The second-order valence-corrected chi connectivity index (χ2v) is 8.05. The molecule has 3 heterocycles. The largest absolute Gasteiger partial charge is 0.586 e. The number of hydrogen-bond acceptors (Lipinski definition) is 7. The number of carbonyl (C=O) groups excluding carboxylic acids is 2. The van der Waals surface area contributed by atoms with Gasteiger partial charge in [-0.15, -0.1) is 8.78 Å². The maximum Gasteiger partial charge on any atom is 0.586 e.